The van der Waals surface area contributed by atoms with Crippen LogP contribution in [0.4, 0.5) is 0 Å². The summed E-state index contributed by atoms with van der Waals surface area (Å²) in [5.41, 5.74) is 8.09. The lowest BCUT2D eigenvalue weighted by atomic mass is 9.90. The smallest absolute Gasteiger partial charge is 0.127 e. The van der Waals surface area contributed by atoms with Gasteiger partial charge in [-0.15, -0.1) is 0 Å². The van der Waals surface area contributed by atoms with Gasteiger partial charge < -0.3 is 9.47 Å². The molecule has 0 saturated carbocycles. The predicted octanol–water partition coefficient (Wildman–Crippen LogP) is 5.64. The number of hydrogen-bond donors (Lipinski definition) is 0. The normalized spacial score (nSPS) is 16.1. The van der Waals surface area contributed by atoms with E-state index in [2.05, 4.69) is 50.2 Å². The fourth-order valence-electron chi connectivity index (χ4n) is 3.59. The zero-order valence-corrected chi connectivity index (χ0v) is 14.5. The monoisotopic (exact) mass is 320 g/mol. The Kier molecular flexibility index (Phi) is 4.05. The van der Waals surface area contributed by atoms with Crippen molar-refractivity contribution in [1.29, 1.82) is 0 Å². The molecule has 2 aromatic carbocycles. The van der Waals surface area contributed by atoms with E-state index in [1.807, 2.05) is 0 Å². The molecule has 2 aromatic rings. The molecule has 2 heteroatoms. The first kappa shape index (κ1) is 15.3. The molecule has 0 bridgehead atoms. The fraction of sp³-hybridized carbons (Fsp3) is 0.364. The second kappa shape index (κ2) is 6.35. The molecule has 0 amide bonds. The minimum absolute atomic E-state index is 0.700. The first-order valence-corrected chi connectivity index (χ1v) is 8.99. The summed E-state index contributed by atoms with van der Waals surface area (Å²) in [6.07, 6.45) is 4.19. The summed E-state index contributed by atoms with van der Waals surface area (Å²) in [6, 6.07) is 12.9. The zero-order valence-electron chi connectivity index (χ0n) is 14.5. The van der Waals surface area contributed by atoms with Gasteiger partial charge in [0.15, 0.2) is 0 Å². The van der Waals surface area contributed by atoms with Crippen LogP contribution in [0, 0.1) is 0 Å². The van der Waals surface area contributed by atoms with Crippen LogP contribution in [-0.4, -0.2) is 13.2 Å². The van der Waals surface area contributed by atoms with Crippen molar-refractivity contribution < 1.29 is 9.47 Å². The molecule has 124 valence electrons. The quantitative estimate of drug-likeness (QED) is 0.728. The van der Waals surface area contributed by atoms with E-state index < -0.39 is 0 Å². The van der Waals surface area contributed by atoms with Gasteiger partial charge in [-0.2, -0.15) is 0 Å². The zero-order chi connectivity index (χ0) is 16.5. The summed E-state index contributed by atoms with van der Waals surface area (Å²) in [5, 5.41) is 0. The van der Waals surface area contributed by atoms with Gasteiger partial charge in [-0.05, 0) is 48.6 Å². The summed E-state index contributed by atoms with van der Waals surface area (Å²) < 4.78 is 12.3. The maximum Gasteiger partial charge on any atom is 0.127 e. The van der Waals surface area contributed by atoms with Gasteiger partial charge in [-0.1, -0.05) is 43.2 Å². The van der Waals surface area contributed by atoms with E-state index in [9.17, 15) is 0 Å². The van der Waals surface area contributed by atoms with Crippen LogP contribution in [0.5, 0.6) is 11.5 Å². The topological polar surface area (TPSA) is 18.5 Å². The molecule has 1 aliphatic heterocycles. The lowest BCUT2D eigenvalue weighted by molar-refractivity contribution is 0.252. The van der Waals surface area contributed by atoms with Crippen molar-refractivity contribution in [3.8, 4) is 22.6 Å². The van der Waals surface area contributed by atoms with Crippen LogP contribution in [0.1, 0.15) is 44.2 Å². The number of aryl methyl sites for hydroxylation is 1. The Bertz CT molecular complexity index is 802. The fourth-order valence-corrected chi connectivity index (χ4v) is 3.59. The third kappa shape index (κ3) is 2.71. The minimum Gasteiger partial charge on any atom is -0.493 e. The molecule has 0 atom stereocenters. The predicted molar refractivity (Wildman–Crippen MR) is 98.7 cm³/mol. The number of benzene rings is 2. The van der Waals surface area contributed by atoms with Gasteiger partial charge in [0.2, 0.25) is 0 Å². The van der Waals surface area contributed by atoms with Gasteiger partial charge >= 0.3 is 0 Å². The number of rotatable bonds is 3. The Hall–Kier alpha value is -2.22. The Morgan fingerprint density at radius 2 is 1.58 bits per heavy atom. The highest BCUT2D eigenvalue weighted by atomic mass is 16.5. The van der Waals surface area contributed by atoms with Crippen molar-refractivity contribution in [2.75, 3.05) is 13.2 Å². The first-order chi connectivity index (χ1) is 11.8. The number of ether oxygens (including phenoxy) is 2. The van der Waals surface area contributed by atoms with E-state index in [-0.39, 0.29) is 0 Å². The molecule has 0 aromatic heterocycles. The lowest BCUT2D eigenvalue weighted by Crippen LogP contribution is -2.03. The summed E-state index contributed by atoms with van der Waals surface area (Å²) in [6.45, 7) is 5.85. The molecule has 0 radical (unpaired) electrons. The summed E-state index contributed by atoms with van der Waals surface area (Å²) >= 11 is 0. The standard InChI is InChI=1S/C22H24O2/c1-3-7-16-8-4-10-19-21(16)22-17(18-14-15(18)2)9-5-11-20(22)24-13-6-12-23-19/h4-5,8-11H,3,6-7,12-14H2,1-2H3. The highest BCUT2D eigenvalue weighted by Crippen LogP contribution is 2.49. The van der Waals surface area contributed by atoms with Crippen LogP contribution in [0.2, 0.25) is 0 Å². The maximum absolute atomic E-state index is 6.15. The number of hydrogen-bond acceptors (Lipinski definition) is 2. The Balaban J connectivity index is 2.00. The first-order valence-electron chi connectivity index (χ1n) is 8.99. The van der Waals surface area contributed by atoms with Crippen LogP contribution >= 0.6 is 0 Å². The molecule has 24 heavy (non-hydrogen) atoms. The van der Waals surface area contributed by atoms with Gasteiger partial charge in [-0.25, -0.2) is 0 Å². The highest BCUT2D eigenvalue weighted by Gasteiger charge is 2.27. The summed E-state index contributed by atoms with van der Waals surface area (Å²) in [4.78, 5) is 0. The van der Waals surface area contributed by atoms with E-state index in [0.29, 0.717) is 13.2 Å². The third-order valence-electron chi connectivity index (χ3n) is 4.87. The Labute approximate surface area is 144 Å². The molecule has 0 unspecified atom stereocenters. The van der Waals surface area contributed by atoms with E-state index >= 15 is 0 Å². The van der Waals surface area contributed by atoms with Crippen LogP contribution in [0.3, 0.4) is 0 Å². The summed E-state index contributed by atoms with van der Waals surface area (Å²) in [7, 11) is 0. The molecule has 2 aliphatic rings. The molecule has 1 heterocycles. The van der Waals surface area contributed by atoms with Crippen molar-refractivity contribution in [3.05, 3.63) is 53.1 Å². The van der Waals surface area contributed by atoms with Crippen molar-refractivity contribution >= 4 is 5.57 Å². The maximum atomic E-state index is 6.15. The number of allylic oxidation sites excluding steroid dienone is 2. The molecular formula is C22H24O2. The molecule has 4 rings (SSSR count). The van der Waals surface area contributed by atoms with Gasteiger partial charge in [0, 0.05) is 17.5 Å². The molecule has 2 nitrogen and oxygen atoms in total. The van der Waals surface area contributed by atoms with E-state index in [4.69, 9.17) is 9.47 Å². The molecule has 0 N–H and O–H groups in total. The largest absolute Gasteiger partial charge is 0.493 e. The van der Waals surface area contributed by atoms with Crippen LogP contribution in [0.15, 0.2) is 42.0 Å². The second-order valence-corrected chi connectivity index (χ2v) is 6.71. The average molecular weight is 320 g/mol. The van der Waals surface area contributed by atoms with Crippen LogP contribution in [-0.2, 0) is 6.42 Å². The highest BCUT2D eigenvalue weighted by molar-refractivity contribution is 5.94. The average Bonchev–Trinajstić information content (AvgIpc) is 3.29. The molecule has 0 fully saturated rings. The lowest BCUT2D eigenvalue weighted by Gasteiger charge is -2.19. The van der Waals surface area contributed by atoms with Crippen molar-refractivity contribution in [2.24, 2.45) is 0 Å². The van der Waals surface area contributed by atoms with Crippen LogP contribution in [0.25, 0.3) is 16.7 Å². The molecular weight excluding hydrogens is 296 g/mol. The SMILES string of the molecule is CCCc1cccc2c1-c1c(cccc1C1=C(C)C1)OCCCO2. The van der Waals surface area contributed by atoms with Gasteiger partial charge in [-0.3, -0.25) is 0 Å². The number of fused-ring (bicyclic) bond motifs is 3. The van der Waals surface area contributed by atoms with Gasteiger partial charge in [0.1, 0.15) is 11.5 Å². The van der Waals surface area contributed by atoms with Gasteiger partial charge in [0.25, 0.3) is 0 Å². The van der Waals surface area contributed by atoms with Crippen LogP contribution < -0.4 is 9.47 Å². The van der Waals surface area contributed by atoms with Crippen molar-refractivity contribution in [1.82, 2.24) is 0 Å². The summed E-state index contributed by atoms with van der Waals surface area (Å²) in [5.74, 6) is 1.99. The molecule has 0 saturated heterocycles. The second-order valence-electron chi connectivity index (χ2n) is 6.71. The Morgan fingerprint density at radius 3 is 2.25 bits per heavy atom. The molecule has 0 spiro atoms. The van der Waals surface area contributed by atoms with E-state index in [1.54, 1.807) is 0 Å². The van der Waals surface area contributed by atoms with E-state index in [1.165, 1.54) is 33.4 Å². The minimum atomic E-state index is 0.700. The van der Waals surface area contributed by atoms with Gasteiger partial charge in [0.05, 0.1) is 13.2 Å². The van der Waals surface area contributed by atoms with E-state index in [0.717, 1.165) is 37.2 Å². The Morgan fingerprint density at radius 1 is 0.917 bits per heavy atom. The third-order valence-corrected chi connectivity index (χ3v) is 4.87. The molecule has 1 aliphatic carbocycles. The van der Waals surface area contributed by atoms with Crippen molar-refractivity contribution in [3.63, 3.8) is 0 Å². The van der Waals surface area contributed by atoms with Crippen molar-refractivity contribution in [2.45, 2.75) is 39.5 Å².